The maximum absolute atomic E-state index is 12.5. The Hall–Kier alpha value is -1.14. The van der Waals surface area contributed by atoms with Crippen LogP contribution in [0.3, 0.4) is 0 Å². The van der Waals surface area contributed by atoms with Gasteiger partial charge in [0.25, 0.3) is 0 Å². The van der Waals surface area contributed by atoms with E-state index in [0.717, 1.165) is 0 Å². The molecule has 0 saturated heterocycles. The number of nitrogens with zero attached hydrogens (tertiary/aromatic N) is 2. The highest BCUT2D eigenvalue weighted by Gasteiger charge is 2.66. The Labute approximate surface area is 126 Å². The van der Waals surface area contributed by atoms with E-state index < -0.39 is 16.4 Å². The van der Waals surface area contributed by atoms with Crippen molar-refractivity contribution in [2.45, 2.75) is 17.1 Å². The molecule has 108 valence electrons. The largest absolute Gasteiger partial charge is 0.346 e. The topological polar surface area (TPSA) is 53.4 Å². The third kappa shape index (κ3) is 1.78. The van der Waals surface area contributed by atoms with Crippen molar-refractivity contribution in [1.29, 1.82) is 0 Å². The van der Waals surface area contributed by atoms with E-state index in [1.807, 2.05) is 0 Å². The summed E-state index contributed by atoms with van der Waals surface area (Å²) in [4.78, 5) is 14.9. The van der Waals surface area contributed by atoms with E-state index in [1.165, 1.54) is 26.6 Å². The summed E-state index contributed by atoms with van der Waals surface area (Å²) < 4.78 is 12.5. The highest BCUT2D eigenvalue weighted by atomic mass is 35.5. The van der Waals surface area contributed by atoms with Gasteiger partial charge >= 0.3 is 0 Å². The van der Waals surface area contributed by atoms with E-state index in [-0.39, 0.29) is 11.5 Å². The molecule has 0 saturated carbocycles. The molecule has 7 heteroatoms. The molecule has 1 aliphatic carbocycles. The number of rotatable bonds is 5. The highest BCUT2D eigenvalue weighted by Crippen LogP contribution is 2.53. The zero-order valence-electron chi connectivity index (χ0n) is 11.1. The molecule has 0 bridgehead atoms. The molecule has 0 radical (unpaired) electrons. The number of allylic oxidation sites excluding steroid dienone is 2. The lowest BCUT2D eigenvalue weighted by Crippen LogP contribution is -2.54. The SMILES string of the molecule is C=CC[C@]1(Cl)C(=O)C(Cl)=C(n2ccnc2)C1(OC)OC. The normalized spacial score (nSPS) is 25.3. The van der Waals surface area contributed by atoms with Crippen LogP contribution in [0.4, 0.5) is 0 Å². The molecule has 0 aromatic carbocycles. The van der Waals surface area contributed by atoms with E-state index in [9.17, 15) is 4.79 Å². The minimum atomic E-state index is -1.52. The van der Waals surface area contributed by atoms with Gasteiger partial charge in [0.1, 0.15) is 10.7 Å². The Bertz CT molecular complexity index is 564. The van der Waals surface area contributed by atoms with Crippen LogP contribution in [0, 0.1) is 0 Å². The number of halogens is 2. The Morgan fingerprint density at radius 1 is 1.50 bits per heavy atom. The summed E-state index contributed by atoms with van der Waals surface area (Å²) in [6.07, 6.45) is 6.35. The van der Waals surface area contributed by atoms with Crippen LogP contribution in [-0.2, 0) is 14.3 Å². The van der Waals surface area contributed by atoms with Gasteiger partial charge in [-0.15, -0.1) is 18.2 Å². The zero-order valence-corrected chi connectivity index (χ0v) is 12.6. The monoisotopic (exact) mass is 316 g/mol. The van der Waals surface area contributed by atoms with Crippen LogP contribution in [0.2, 0.25) is 0 Å². The molecule has 1 atom stereocenters. The molecule has 0 fully saturated rings. The third-order valence-corrected chi connectivity index (χ3v) is 4.29. The van der Waals surface area contributed by atoms with Crippen molar-refractivity contribution in [3.05, 3.63) is 36.4 Å². The van der Waals surface area contributed by atoms with Crippen molar-refractivity contribution < 1.29 is 14.3 Å². The standard InChI is InChI=1S/C13H14Cl2N2O3/c1-4-5-12(15)11(18)9(14)10(13(12,19-2)20-3)17-7-6-16-8-17/h4,6-8H,1,5H2,2-3H3/t12-/m0/s1. The van der Waals surface area contributed by atoms with Crippen LogP contribution in [0.1, 0.15) is 6.42 Å². The molecule has 0 aliphatic heterocycles. The van der Waals surface area contributed by atoms with Gasteiger partial charge in [0.05, 0.1) is 6.33 Å². The summed E-state index contributed by atoms with van der Waals surface area (Å²) in [7, 11) is 2.81. The average Bonchev–Trinajstić information content (AvgIpc) is 3.00. The number of hydrogen-bond donors (Lipinski definition) is 0. The van der Waals surface area contributed by atoms with Gasteiger partial charge in [0.2, 0.25) is 11.6 Å². The van der Waals surface area contributed by atoms with Crippen LogP contribution < -0.4 is 0 Å². The van der Waals surface area contributed by atoms with Crippen LogP contribution in [0.5, 0.6) is 0 Å². The Morgan fingerprint density at radius 3 is 2.60 bits per heavy atom. The first-order valence-electron chi connectivity index (χ1n) is 5.82. The van der Waals surface area contributed by atoms with Crippen molar-refractivity contribution in [1.82, 2.24) is 9.55 Å². The minimum Gasteiger partial charge on any atom is -0.346 e. The van der Waals surface area contributed by atoms with E-state index in [0.29, 0.717) is 5.70 Å². The number of hydrogen-bond acceptors (Lipinski definition) is 4. The van der Waals surface area contributed by atoms with Gasteiger partial charge in [0.15, 0.2) is 4.87 Å². The minimum absolute atomic E-state index is 0.0384. The number of Topliss-reactive ketones (excluding diaryl/α,β-unsaturated/α-hetero) is 1. The van der Waals surface area contributed by atoms with E-state index in [1.54, 1.807) is 17.0 Å². The molecule has 20 heavy (non-hydrogen) atoms. The molecule has 1 aliphatic rings. The first-order chi connectivity index (χ1) is 9.48. The van der Waals surface area contributed by atoms with Gasteiger partial charge in [-0.25, -0.2) is 4.98 Å². The predicted molar refractivity (Wildman–Crippen MR) is 76.5 cm³/mol. The number of imidazole rings is 1. The molecular formula is C13H14Cl2N2O3. The maximum atomic E-state index is 12.5. The lowest BCUT2D eigenvalue weighted by Gasteiger charge is -2.39. The second kappa shape index (κ2) is 5.33. The van der Waals surface area contributed by atoms with E-state index >= 15 is 0 Å². The Kier molecular flexibility index (Phi) is 4.07. The fraction of sp³-hybridized carbons (Fsp3) is 0.385. The molecule has 5 nitrogen and oxygen atoms in total. The van der Waals surface area contributed by atoms with Crippen LogP contribution in [0.25, 0.3) is 5.70 Å². The number of ether oxygens (including phenoxy) is 2. The van der Waals surface area contributed by atoms with Crippen molar-refractivity contribution in [2.75, 3.05) is 14.2 Å². The van der Waals surface area contributed by atoms with Gasteiger partial charge in [0, 0.05) is 26.6 Å². The first kappa shape index (κ1) is 15.3. The number of ketones is 1. The zero-order chi connectivity index (χ0) is 15.0. The van der Waals surface area contributed by atoms with E-state index in [2.05, 4.69) is 11.6 Å². The molecule has 1 heterocycles. The molecule has 0 amide bonds. The smallest absolute Gasteiger partial charge is 0.239 e. The fourth-order valence-electron chi connectivity index (χ4n) is 2.46. The van der Waals surface area contributed by atoms with Gasteiger partial charge < -0.3 is 14.0 Å². The van der Waals surface area contributed by atoms with Crippen LogP contribution >= 0.6 is 23.2 Å². The first-order valence-corrected chi connectivity index (χ1v) is 6.57. The molecule has 1 aromatic heterocycles. The number of aromatic nitrogens is 2. The van der Waals surface area contributed by atoms with E-state index in [4.69, 9.17) is 32.7 Å². The second-order valence-corrected chi connectivity index (χ2v) is 5.30. The Morgan fingerprint density at radius 2 is 2.15 bits per heavy atom. The summed E-state index contributed by atoms with van der Waals surface area (Å²) in [5, 5.41) is -0.0384. The summed E-state index contributed by atoms with van der Waals surface area (Å²) in [6.45, 7) is 3.62. The third-order valence-electron chi connectivity index (χ3n) is 3.36. The molecule has 0 N–H and O–H groups in total. The average molecular weight is 317 g/mol. The van der Waals surface area contributed by atoms with Gasteiger partial charge in [-0.05, 0) is 6.42 Å². The van der Waals surface area contributed by atoms with Gasteiger partial charge in [-0.2, -0.15) is 0 Å². The second-order valence-electron chi connectivity index (χ2n) is 4.28. The summed E-state index contributed by atoms with van der Waals surface area (Å²) in [5.41, 5.74) is 0.309. The summed E-state index contributed by atoms with van der Waals surface area (Å²) in [5.74, 6) is -1.98. The summed E-state index contributed by atoms with van der Waals surface area (Å²) in [6, 6.07) is 0. The Balaban J connectivity index is 2.71. The summed E-state index contributed by atoms with van der Waals surface area (Å²) >= 11 is 12.7. The van der Waals surface area contributed by atoms with Crippen molar-refractivity contribution in [2.24, 2.45) is 0 Å². The number of methoxy groups -OCH3 is 2. The number of carbonyl (C=O) groups is 1. The molecule has 0 unspecified atom stereocenters. The van der Waals surface area contributed by atoms with Crippen molar-refractivity contribution in [3.63, 3.8) is 0 Å². The molecule has 0 spiro atoms. The van der Waals surface area contributed by atoms with Crippen molar-refractivity contribution in [3.8, 4) is 0 Å². The van der Waals surface area contributed by atoms with Gasteiger partial charge in [-0.1, -0.05) is 17.7 Å². The maximum Gasteiger partial charge on any atom is 0.239 e. The number of carbonyl (C=O) groups excluding carboxylic acids is 1. The molecule has 2 rings (SSSR count). The van der Waals surface area contributed by atoms with Crippen LogP contribution in [-0.4, -0.2) is 40.2 Å². The predicted octanol–water partition coefficient (Wildman–Crippen LogP) is 2.42. The quantitative estimate of drug-likeness (QED) is 0.475. The lowest BCUT2D eigenvalue weighted by molar-refractivity contribution is -0.185. The van der Waals surface area contributed by atoms with Crippen LogP contribution in [0.15, 0.2) is 36.4 Å². The fourth-order valence-corrected chi connectivity index (χ4v) is 3.34. The lowest BCUT2D eigenvalue weighted by atomic mass is 9.93. The van der Waals surface area contributed by atoms with Gasteiger partial charge in [-0.3, -0.25) is 4.79 Å². The molecular weight excluding hydrogens is 303 g/mol. The molecule has 1 aromatic rings. The number of alkyl halides is 1. The highest BCUT2D eigenvalue weighted by molar-refractivity contribution is 6.55. The van der Waals surface area contributed by atoms with Crippen molar-refractivity contribution >= 4 is 34.7 Å².